The van der Waals surface area contributed by atoms with Crippen LogP contribution in [0.15, 0.2) is 0 Å². The molecule has 0 aromatic heterocycles. The Balaban J connectivity index is 2.90. The maximum Gasteiger partial charge on any atom is 0.383 e. The van der Waals surface area contributed by atoms with Crippen LogP contribution in [0.1, 0.15) is 38.5 Å². The average molecular weight is 285 g/mol. The third-order valence-electron chi connectivity index (χ3n) is 3.30. The van der Waals surface area contributed by atoms with E-state index in [9.17, 15) is 27.2 Å². The molecule has 0 atom stereocenters. The third-order valence-corrected chi connectivity index (χ3v) is 3.30. The molecule has 0 heterocycles. The normalized spacial score (nSPS) is 19.8. The molecule has 0 aromatic carbocycles. The van der Waals surface area contributed by atoms with Gasteiger partial charge in [0.2, 0.25) is 0 Å². The predicted molar refractivity (Wildman–Crippen MR) is 57.2 cm³/mol. The van der Waals surface area contributed by atoms with Gasteiger partial charge in [0.05, 0.1) is 0 Å². The lowest BCUT2D eigenvalue weighted by molar-refractivity contribution is -0.174. The van der Waals surface area contributed by atoms with E-state index in [-0.39, 0.29) is 12.8 Å². The van der Waals surface area contributed by atoms with Crippen molar-refractivity contribution in [2.24, 2.45) is 0 Å². The van der Waals surface area contributed by atoms with Gasteiger partial charge in [-0.15, -0.1) is 0 Å². The second-order valence-corrected chi connectivity index (χ2v) is 4.68. The number of carboxylic acid groups (broad SMARTS) is 1. The first kappa shape index (κ1) is 15.7. The van der Waals surface area contributed by atoms with Crippen molar-refractivity contribution in [3.63, 3.8) is 0 Å². The summed E-state index contributed by atoms with van der Waals surface area (Å²) in [5, 5.41) is 10.7. The Bertz CT molecular complexity index is 352. The minimum atomic E-state index is -4.88. The molecule has 1 saturated carbocycles. The van der Waals surface area contributed by atoms with E-state index in [0.29, 0.717) is 12.8 Å². The second-order valence-electron chi connectivity index (χ2n) is 4.68. The topological polar surface area (TPSA) is 66.4 Å². The minimum Gasteiger partial charge on any atom is -0.480 e. The zero-order valence-corrected chi connectivity index (χ0v) is 10.1. The molecule has 0 aromatic rings. The molecular formula is C11H15F4NO3. The van der Waals surface area contributed by atoms with Gasteiger partial charge in [-0.1, -0.05) is 25.7 Å². The van der Waals surface area contributed by atoms with Gasteiger partial charge in [0, 0.05) is 0 Å². The Kier molecular flexibility index (Phi) is 4.75. The van der Waals surface area contributed by atoms with Crippen LogP contribution in [0.4, 0.5) is 17.6 Å². The van der Waals surface area contributed by atoms with E-state index in [0.717, 1.165) is 12.8 Å². The summed E-state index contributed by atoms with van der Waals surface area (Å²) in [5.74, 6) is -8.58. The maximum absolute atomic E-state index is 12.9. The van der Waals surface area contributed by atoms with Crippen LogP contribution in [0.25, 0.3) is 0 Å². The lowest BCUT2D eigenvalue weighted by Gasteiger charge is -2.30. The van der Waals surface area contributed by atoms with E-state index < -0.39 is 29.8 Å². The van der Waals surface area contributed by atoms with E-state index in [1.165, 1.54) is 0 Å². The Hall–Kier alpha value is -1.34. The summed E-state index contributed by atoms with van der Waals surface area (Å²) in [7, 11) is 0. The van der Waals surface area contributed by atoms with E-state index >= 15 is 0 Å². The van der Waals surface area contributed by atoms with Crippen LogP contribution < -0.4 is 5.32 Å². The summed E-state index contributed by atoms with van der Waals surface area (Å²) in [6.45, 7) is 0. The van der Waals surface area contributed by atoms with Crippen LogP contribution >= 0.6 is 0 Å². The van der Waals surface area contributed by atoms with Crippen LogP contribution in [0.5, 0.6) is 0 Å². The average Bonchev–Trinajstić information content (AvgIpc) is 2.55. The van der Waals surface area contributed by atoms with Gasteiger partial charge in [-0.2, -0.15) is 8.78 Å². The molecule has 0 spiro atoms. The lowest BCUT2D eigenvalue weighted by atomic mass is 9.90. The summed E-state index contributed by atoms with van der Waals surface area (Å²) in [4.78, 5) is 22.4. The standard InChI is InChI=1S/C11H15F4NO3/c12-7(13)11(14,15)8(17)16-10(9(18)19)5-3-1-2-4-6-10/h7H,1-6H2,(H,16,17)(H,18,19). The van der Waals surface area contributed by atoms with Crippen LogP contribution in [0, 0.1) is 0 Å². The number of alkyl halides is 4. The van der Waals surface area contributed by atoms with Crippen molar-refractivity contribution in [1.29, 1.82) is 0 Å². The number of carbonyl (C=O) groups is 2. The van der Waals surface area contributed by atoms with Crippen molar-refractivity contribution in [1.82, 2.24) is 5.32 Å². The van der Waals surface area contributed by atoms with Gasteiger partial charge >= 0.3 is 18.3 Å². The highest BCUT2D eigenvalue weighted by Crippen LogP contribution is 2.30. The van der Waals surface area contributed by atoms with E-state index in [4.69, 9.17) is 5.11 Å². The molecule has 1 aliphatic carbocycles. The molecule has 0 aliphatic heterocycles. The molecule has 8 heteroatoms. The van der Waals surface area contributed by atoms with Crippen LogP contribution in [-0.2, 0) is 9.59 Å². The van der Waals surface area contributed by atoms with Crippen molar-refractivity contribution >= 4 is 11.9 Å². The first-order chi connectivity index (χ1) is 8.72. The van der Waals surface area contributed by atoms with Crippen molar-refractivity contribution in [2.45, 2.75) is 56.4 Å². The van der Waals surface area contributed by atoms with Gasteiger partial charge in [-0.25, -0.2) is 13.6 Å². The predicted octanol–water partition coefficient (Wildman–Crippen LogP) is 2.18. The molecule has 0 bridgehead atoms. The summed E-state index contributed by atoms with van der Waals surface area (Å²) < 4.78 is 49.9. The molecule has 4 nitrogen and oxygen atoms in total. The van der Waals surface area contributed by atoms with Crippen molar-refractivity contribution in [2.75, 3.05) is 0 Å². The zero-order chi connectivity index (χ0) is 14.7. The summed E-state index contributed by atoms with van der Waals surface area (Å²) in [5.41, 5.74) is -1.87. The van der Waals surface area contributed by atoms with Gasteiger partial charge in [0.1, 0.15) is 5.54 Å². The number of amides is 1. The first-order valence-electron chi connectivity index (χ1n) is 5.94. The molecule has 1 rings (SSSR count). The molecule has 2 N–H and O–H groups in total. The van der Waals surface area contributed by atoms with E-state index in [1.54, 1.807) is 5.32 Å². The maximum atomic E-state index is 12.9. The SMILES string of the molecule is O=C(O)C1(NC(=O)C(F)(F)C(F)F)CCCCCC1. The van der Waals surface area contributed by atoms with E-state index in [2.05, 4.69) is 0 Å². The highest BCUT2D eigenvalue weighted by Gasteiger charge is 2.52. The number of carbonyl (C=O) groups excluding carboxylic acids is 1. The minimum absolute atomic E-state index is 0.0343. The number of nitrogens with one attached hydrogen (secondary N) is 1. The number of aliphatic carboxylic acids is 1. The number of hydrogen-bond donors (Lipinski definition) is 2. The largest absolute Gasteiger partial charge is 0.480 e. The lowest BCUT2D eigenvalue weighted by Crippen LogP contribution is -2.59. The Labute approximate surface area is 107 Å². The van der Waals surface area contributed by atoms with Crippen LogP contribution in [0.3, 0.4) is 0 Å². The molecule has 1 amide bonds. The molecule has 110 valence electrons. The quantitative estimate of drug-likeness (QED) is 0.614. The molecule has 0 unspecified atom stereocenters. The molecule has 0 saturated heterocycles. The van der Waals surface area contributed by atoms with Crippen LogP contribution in [-0.4, -0.2) is 34.9 Å². The van der Waals surface area contributed by atoms with Gasteiger partial charge in [0.25, 0.3) is 5.91 Å². The zero-order valence-electron chi connectivity index (χ0n) is 10.1. The van der Waals surface area contributed by atoms with Gasteiger partial charge < -0.3 is 10.4 Å². The summed E-state index contributed by atoms with van der Waals surface area (Å²) in [6, 6.07) is 0. The Morgan fingerprint density at radius 2 is 1.58 bits per heavy atom. The third kappa shape index (κ3) is 3.36. The van der Waals surface area contributed by atoms with Gasteiger partial charge in [0.15, 0.2) is 0 Å². The fraction of sp³-hybridized carbons (Fsp3) is 0.818. The highest BCUT2D eigenvalue weighted by atomic mass is 19.3. The Morgan fingerprint density at radius 3 is 1.95 bits per heavy atom. The molecular weight excluding hydrogens is 270 g/mol. The monoisotopic (exact) mass is 285 g/mol. The van der Waals surface area contributed by atoms with Crippen molar-refractivity contribution in [3.05, 3.63) is 0 Å². The van der Waals surface area contributed by atoms with Gasteiger partial charge in [-0.05, 0) is 12.8 Å². The van der Waals surface area contributed by atoms with Gasteiger partial charge in [-0.3, -0.25) is 4.79 Å². The number of hydrogen-bond acceptors (Lipinski definition) is 2. The number of halogens is 4. The Morgan fingerprint density at radius 1 is 1.11 bits per heavy atom. The fourth-order valence-corrected chi connectivity index (χ4v) is 2.12. The smallest absolute Gasteiger partial charge is 0.383 e. The summed E-state index contributed by atoms with van der Waals surface area (Å²) in [6.07, 6.45) is -1.92. The second kappa shape index (κ2) is 5.75. The van der Waals surface area contributed by atoms with E-state index in [1.807, 2.05) is 0 Å². The molecule has 1 aliphatic rings. The van der Waals surface area contributed by atoms with Crippen molar-refractivity contribution < 1.29 is 32.3 Å². The highest BCUT2D eigenvalue weighted by molar-refractivity contribution is 5.90. The van der Waals surface area contributed by atoms with Crippen molar-refractivity contribution in [3.8, 4) is 0 Å². The van der Waals surface area contributed by atoms with Crippen LogP contribution in [0.2, 0.25) is 0 Å². The fourth-order valence-electron chi connectivity index (χ4n) is 2.12. The first-order valence-corrected chi connectivity index (χ1v) is 5.94. The molecule has 0 radical (unpaired) electrons. The molecule has 1 fully saturated rings. The number of carboxylic acids is 1. The molecule has 19 heavy (non-hydrogen) atoms. The number of rotatable bonds is 4. The summed E-state index contributed by atoms with van der Waals surface area (Å²) >= 11 is 0.